The third-order valence-electron chi connectivity index (χ3n) is 6.47. The molecule has 0 aliphatic heterocycles. The van der Waals surface area contributed by atoms with Gasteiger partial charge in [0.05, 0.1) is 17.1 Å². The molecule has 0 amide bonds. The quantitative estimate of drug-likeness (QED) is 0.226. The Morgan fingerprint density at radius 1 is 1.02 bits per heavy atom. The van der Waals surface area contributed by atoms with E-state index in [1.54, 1.807) is 19.9 Å². The van der Waals surface area contributed by atoms with Crippen molar-refractivity contribution in [2.24, 2.45) is 0 Å². The van der Waals surface area contributed by atoms with Crippen molar-refractivity contribution in [1.29, 1.82) is 0 Å². The minimum atomic E-state index is -0.759. The van der Waals surface area contributed by atoms with Gasteiger partial charge in [0, 0.05) is 29.8 Å². The molecule has 2 aromatic carbocycles. The molecule has 0 saturated heterocycles. The Bertz CT molecular complexity index is 1420. The van der Waals surface area contributed by atoms with Crippen molar-refractivity contribution < 1.29 is 14.6 Å². The van der Waals surface area contributed by atoms with Crippen molar-refractivity contribution in [1.82, 2.24) is 9.36 Å². The zero-order valence-corrected chi connectivity index (χ0v) is 25.5. The highest BCUT2D eigenvalue weighted by molar-refractivity contribution is 7.09. The first-order chi connectivity index (χ1) is 19.3. The van der Waals surface area contributed by atoms with E-state index in [2.05, 4.69) is 33.6 Å². The lowest BCUT2D eigenvalue weighted by Gasteiger charge is -2.18. The minimum Gasteiger partial charge on any atom is -0.486 e. The topological polar surface area (TPSA) is 84.4 Å². The highest BCUT2D eigenvalue weighted by Gasteiger charge is 2.27. The van der Waals surface area contributed by atoms with E-state index >= 15 is 0 Å². The highest BCUT2D eigenvalue weighted by atomic mass is 32.1. The Labute approximate surface area is 242 Å². The van der Waals surface area contributed by atoms with Gasteiger partial charge in [-0.2, -0.15) is 0 Å². The molecule has 1 aliphatic rings. The van der Waals surface area contributed by atoms with E-state index in [0.717, 1.165) is 40.3 Å². The summed E-state index contributed by atoms with van der Waals surface area (Å²) in [6, 6.07) is 19.9. The summed E-state index contributed by atoms with van der Waals surface area (Å²) in [7, 11) is 0. The van der Waals surface area contributed by atoms with Gasteiger partial charge in [0.25, 0.3) is 5.56 Å². The SMILES string of the molecule is CC.CC.Cc1nc(OCCC(C)(C)O)ccc1-c1cccc2c1CCC2Oc1ccc(-c2cc(=O)[nH]s2)cc1. The van der Waals surface area contributed by atoms with Gasteiger partial charge in [0.2, 0.25) is 5.88 Å². The van der Waals surface area contributed by atoms with Crippen molar-refractivity contribution >= 4 is 11.5 Å². The summed E-state index contributed by atoms with van der Waals surface area (Å²) < 4.78 is 14.9. The molecule has 6 nitrogen and oxygen atoms in total. The van der Waals surface area contributed by atoms with Crippen LogP contribution in [-0.2, 0) is 6.42 Å². The number of pyridine rings is 1. The van der Waals surface area contributed by atoms with Gasteiger partial charge in [-0.15, -0.1) is 0 Å². The predicted molar refractivity (Wildman–Crippen MR) is 166 cm³/mol. The van der Waals surface area contributed by atoms with Crippen LogP contribution >= 0.6 is 11.5 Å². The average molecular weight is 563 g/mol. The fourth-order valence-corrected chi connectivity index (χ4v) is 5.28. The molecule has 0 spiro atoms. The summed E-state index contributed by atoms with van der Waals surface area (Å²) in [5.74, 6) is 1.39. The third kappa shape index (κ3) is 7.83. The number of aryl methyl sites for hydroxylation is 1. The molecule has 1 unspecified atom stereocenters. The lowest BCUT2D eigenvalue weighted by atomic mass is 9.96. The number of nitrogens with one attached hydrogen (secondary N) is 1. The van der Waals surface area contributed by atoms with Crippen LogP contribution in [0.15, 0.2) is 65.5 Å². The van der Waals surface area contributed by atoms with Crippen LogP contribution in [0, 0.1) is 6.92 Å². The van der Waals surface area contributed by atoms with Crippen molar-refractivity contribution in [3.63, 3.8) is 0 Å². The number of hydrogen-bond acceptors (Lipinski definition) is 6. The van der Waals surface area contributed by atoms with Crippen LogP contribution in [0.25, 0.3) is 21.6 Å². The average Bonchev–Trinajstić information content (AvgIpc) is 3.57. The second-order valence-electron chi connectivity index (χ2n) is 9.81. The van der Waals surface area contributed by atoms with Crippen LogP contribution in [0.3, 0.4) is 0 Å². The third-order valence-corrected chi connectivity index (χ3v) is 7.35. The van der Waals surface area contributed by atoms with E-state index < -0.39 is 5.60 Å². The number of aromatic amines is 1. The van der Waals surface area contributed by atoms with Crippen LogP contribution in [0.1, 0.15) is 77.3 Å². The van der Waals surface area contributed by atoms with Crippen molar-refractivity contribution in [2.75, 3.05) is 6.61 Å². The molecule has 0 saturated carbocycles. The number of aromatic nitrogens is 2. The zero-order valence-electron chi connectivity index (χ0n) is 24.7. The second-order valence-corrected chi connectivity index (χ2v) is 10.7. The largest absolute Gasteiger partial charge is 0.486 e. The maximum Gasteiger partial charge on any atom is 0.258 e. The summed E-state index contributed by atoms with van der Waals surface area (Å²) in [6.45, 7) is 14.0. The molecule has 5 rings (SSSR count). The number of ether oxygens (including phenoxy) is 2. The Kier molecular flexibility index (Phi) is 11.1. The Morgan fingerprint density at radius 2 is 1.75 bits per heavy atom. The number of H-pyrrole nitrogens is 1. The van der Waals surface area contributed by atoms with Gasteiger partial charge in [-0.3, -0.25) is 9.17 Å². The van der Waals surface area contributed by atoms with Crippen LogP contribution in [0.5, 0.6) is 11.6 Å². The number of benzene rings is 2. The van der Waals surface area contributed by atoms with Gasteiger partial charge in [0.15, 0.2) is 0 Å². The summed E-state index contributed by atoms with van der Waals surface area (Å²) in [4.78, 5) is 17.0. The summed E-state index contributed by atoms with van der Waals surface area (Å²) in [5.41, 5.74) is 5.87. The molecule has 2 N–H and O–H groups in total. The monoisotopic (exact) mass is 562 g/mol. The van der Waals surface area contributed by atoms with Crippen LogP contribution < -0.4 is 15.0 Å². The van der Waals surface area contributed by atoms with Crippen LogP contribution in [-0.4, -0.2) is 26.7 Å². The summed E-state index contributed by atoms with van der Waals surface area (Å²) in [6.07, 6.45) is 2.39. The number of hydrogen-bond donors (Lipinski definition) is 2. The molecular weight excluding hydrogens is 520 g/mol. The summed E-state index contributed by atoms with van der Waals surface area (Å²) in [5, 5.41) is 9.89. The first kappa shape index (κ1) is 31.1. The first-order valence-corrected chi connectivity index (χ1v) is 15.0. The van der Waals surface area contributed by atoms with Crippen molar-refractivity contribution in [2.45, 2.75) is 79.4 Å². The van der Waals surface area contributed by atoms with Gasteiger partial charge in [-0.05, 0) is 86.2 Å². The van der Waals surface area contributed by atoms with E-state index in [-0.39, 0.29) is 11.7 Å². The zero-order chi connectivity index (χ0) is 29.3. The molecule has 40 heavy (non-hydrogen) atoms. The normalized spacial score (nSPS) is 13.8. The van der Waals surface area contributed by atoms with E-state index in [1.165, 1.54) is 28.2 Å². The van der Waals surface area contributed by atoms with Gasteiger partial charge in [-0.1, -0.05) is 57.4 Å². The molecule has 2 heterocycles. The molecule has 0 bridgehead atoms. The van der Waals surface area contributed by atoms with Gasteiger partial charge in [0.1, 0.15) is 11.9 Å². The molecule has 1 atom stereocenters. The van der Waals surface area contributed by atoms with Crippen LogP contribution in [0.2, 0.25) is 0 Å². The van der Waals surface area contributed by atoms with Gasteiger partial charge >= 0.3 is 0 Å². The predicted octanol–water partition coefficient (Wildman–Crippen LogP) is 8.13. The van der Waals surface area contributed by atoms with Crippen molar-refractivity contribution in [3.8, 4) is 33.2 Å². The standard InChI is InChI=1S/C29H30N2O4S.2C2H6/c1-18-21(12-14-28(30-18)34-16-15-29(2,3)33)22-5-4-6-24-23(22)11-13-25(24)35-20-9-7-19(8-10-20)26-17-27(32)31-36-26;2*1-2/h4-10,12,14,17,25,33H,11,13,15-16H2,1-3H3,(H,31,32);2*1-2H3. The molecule has 0 fully saturated rings. The molecule has 214 valence electrons. The fourth-order valence-electron chi connectivity index (χ4n) is 4.59. The molecule has 7 heteroatoms. The first-order valence-electron chi connectivity index (χ1n) is 14.2. The lowest BCUT2D eigenvalue weighted by molar-refractivity contribution is 0.0547. The number of nitrogens with zero attached hydrogens (tertiary/aromatic N) is 1. The number of aliphatic hydroxyl groups is 1. The molecule has 2 aromatic heterocycles. The van der Waals surface area contributed by atoms with E-state index in [1.807, 2.05) is 65.0 Å². The van der Waals surface area contributed by atoms with Gasteiger partial charge in [-0.25, -0.2) is 4.98 Å². The highest BCUT2D eigenvalue weighted by Crippen LogP contribution is 2.41. The molecule has 1 aliphatic carbocycles. The summed E-state index contributed by atoms with van der Waals surface area (Å²) >= 11 is 1.34. The Hall–Kier alpha value is -3.42. The molecule has 4 aromatic rings. The van der Waals surface area contributed by atoms with Crippen molar-refractivity contribution in [3.05, 3.63) is 87.8 Å². The van der Waals surface area contributed by atoms with Crippen LogP contribution in [0.4, 0.5) is 0 Å². The number of rotatable bonds is 8. The number of fused-ring (bicyclic) bond motifs is 1. The van der Waals surface area contributed by atoms with Gasteiger partial charge < -0.3 is 14.6 Å². The molecular formula is C33H42N2O4S. The smallest absolute Gasteiger partial charge is 0.258 e. The maximum absolute atomic E-state index is 11.4. The lowest BCUT2D eigenvalue weighted by Crippen LogP contribution is -2.22. The van der Waals surface area contributed by atoms with E-state index in [0.29, 0.717) is 18.9 Å². The second kappa shape index (κ2) is 14.3. The minimum absolute atomic E-state index is 0.00757. The maximum atomic E-state index is 11.4. The van der Waals surface area contributed by atoms with E-state index in [4.69, 9.17) is 9.47 Å². The Morgan fingerprint density at radius 3 is 2.38 bits per heavy atom. The molecule has 0 radical (unpaired) electrons. The Balaban J connectivity index is 0.00000106. The fraction of sp³-hybridized carbons (Fsp3) is 0.394. The van der Waals surface area contributed by atoms with E-state index in [9.17, 15) is 9.90 Å².